The summed E-state index contributed by atoms with van der Waals surface area (Å²) >= 11 is 0. The molecule has 2 saturated carbocycles. The predicted octanol–water partition coefficient (Wildman–Crippen LogP) is 3.61. The number of hydrogen-bond donors (Lipinski definition) is 1. The van der Waals surface area contributed by atoms with Crippen molar-refractivity contribution in [3.8, 4) is 0 Å². The first kappa shape index (κ1) is 17.3. The van der Waals surface area contributed by atoms with Crippen molar-refractivity contribution in [3.05, 3.63) is 35.4 Å². The Morgan fingerprint density at radius 1 is 1.12 bits per heavy atom. The third-order valence-corrected chi connectivity index (χ3v) is 5.68. The zero-order chi connectivity index (χ0) is 17.1. The van der Waals surface area contributed by atoms with Crippen LogP contribution >= 0.6 is 0 Å². The molecule has 0 heterocycles. The quantitative estimate of drug-likeness (QED) is 0.893. The van der Waals surface area contributed by atoms with E-state index in [1.54, 1.807) is 0 Å². The Morgan fingerprint density at radius 2 is 1.88 bits per heavy atom. The van der Waals surface area contributed by atoms with Gasteiger partial charge in [-0.1, -0.05) is 25.3 Å². The molecule has 2 N–H and O–H groups in total. The zero-order valence-electron chi connectivity index (χ0n) is 14.0. The molecule has 0 aliphatic heterocycles. The minimum atomic E-state index is -0.589. The van der Waals surface area contributed by atoms with Gasteiger partial charge in [-0.3, -0.25) is 4.79 Å². The van der Waals surface area contributed by atoms with Crippen molar-refractivity contribution in [2.45, 2.75) is 57.5 Å². The fourth-order valence-corrected chi connectivity index (χ4v) is 4.29. The highest BCUT2D eigenvalue weighted by Crippen LogP contribution is 2.35. The fourth-order valence-electron chi connectivity index (χ4n) is 4.29. The molecule has 3 nitrogen and oxygen atoms in total. The third kappa shape index (κ3) is 3.61. The van der Waals surface area contributed by atoms with E-state index in [0.717, 1.165) is 51.0 Å². The maximum Gasteiger partial charge on any atom is 0.226 e. The number of hydrogen-bond acceptors (Lipinski definition) is 2. The number of carbonyl (C=O) groups excluding carboxylic acids is 1. The van der Waals surface area contributed by atoms with Gasteiger partial charge in [0.25, 0.3) is 0 Å². The predicted molar refractivity (Wildman–Crippen MR) is 89.0 cm³/mol. The van der Waals surface area contributed by atoms with Gasteiger partial charge in [-0.2, -0.15) is 0 Å². The summed E-state index contributed by atoms with van der Waals surface area (Å²) in [6.45, 7) is 0.753. The fraction of sp³-hybridized carbons (Fsp3) is 0.632. The number of nitrogens with two attached hydrogens (primary N) is 1. The molecule has 1 aromatic carbocycles. The number of amides is 1. The maximum atomic E-state index is 14.1. The molecule has 3 rings (SSSR count). The SMILES string of the molecule is NC[C@H]1CCC[C@H]1C(=O)N(Cc1ccc(F)cc1F)C1CCCC1. The molecule has 0 spiro atoms. The second-order valence-electron chi connectivity index (χ2n) is 7.17. The maximum absolute atomic E-state index is 14.1. The van der Waals surface area contributed by atoms with E-state index in [0.29, 0.717) is 12.1 Å². The van der Waals surface area contributed by atoms with E-state index in [-0.39, 0.29) is 30.3 Å². The van der Waals surface area contributed by atoms with Gasteiger partial charge in [0, 0.05) is 30.1 Å². The lowest BCUT2D eigenvalue weighted by Crippen LogP contribution is -2.43. The average Bonchev–Trinajstić information content (AvgIpc) is 3.24. The van der Waals surface area contributed by atoms with Crippen LogP contribution in [0, 0.1) is 23.5 Å². The summed E-state index contributed by atoms with van der Waals surface area (Å²) in [5.41, 5.74) is 6.22. The van der Waals surface area contributed by atoms with Crippen molar-refractivity contribution in [1.29, 1.82) is 0 Å². The Kier molecular flexibility index (Phi) is 5.49. The third-order valence-electron chi connectivity index (χ3n) is 5.68. The standard InChI is InChI=1S/C19H26F2N2O/c20-15-9-8-14(18(21)10-15)12-23(16-5-1-2-6-16)19(24)17-7-3-4-13(17)11-22/h8-10,13,16-17H,1-7,11-12,22H2/t13-,17-/m1/s1. The first-order chi connectivity index (χ1) is 11.6. The summed E-state index contributed by atoms with van der Waals surface area (Å²) in [4.78, 5) is 15.0. The van der Waals surface area contributed by atoms with Crippen LogP contribution in [0.5, 0.6) is 0 Å². The molecule has 24 heavy (non-hydrogen) atoms. The van der Waals surface area contributed by atoms with Crippen LogP contribution in [-0.2, 0) is 11.3 Å². The molecule has 2 fully saturated rings. The normalized spacial score (nSPS) is 24.5. The molecule has 0 unspecified atom stereocenters. The second kappa shape index (κ2) is 7.60. The highest BCUT2D eigenvalue weighted by atomic mass is 19.1. The molecule has 1 aromatic rings. The molecule has 2 atom stereocenters. The monoisotopic (exact) mass is 336 g/mol. The van der Waals surface area contributed by atoms with Crippen molar-refractivity contribution in [3.63, 3.8) is 0 Å². The van der Waals surface area contributed by atoms with Crippen LogP contribution in [0.4, 0.5) is 8.78 Å². The van der Waals surface area contributed by atoms with E-state index in [1.807, 2.05) is 4.90 Å². The van der Waals surface area contributed by atoms with Crippen LogP contribution < -0.4 is 5.73 Å². The Balaban J connectivity index is 1.81. The van der Waals surface area contributed by atoms with Crippen molar-refractivity contribution in [2.24, 2.45) is 17.6 Å². The Labute approximate surface area is 142 Å². The first-order valence-electron chi connectivity index (χ1n) is 9.04. The highest BCUT2D eigenvalue weighted by Gasteiger charge is 2.37. The van der Waals surface area contributed by atoms with Crippen LogP contribution in [0.2, 0.25) is 0 Å². The van der Waals surface area contributed by atoms with Crippen LogP contribution in [-0.4, -0.2) is 23.4 Å². The molecule has 5 heteroatoms. The van der Waals surface area contributed by atoms with Gasteiger partial charge >= 0.3 is 0 Å². The molecule has 0 saturated heterocycles. The molecule has 0 radical (unpaired) electrons. The first-order valence-corrected chi connectivity index (χ1v) is 9.04. The van der Waals surface area contributed by atoms with Crippen LogP contribution in [0.25, 0.3) is 0 Å². The van der Waals surface area contributed by atoms with Gasteiger partial charge in [0.05, 0.1) is 0 Å². The van der Waals surface area contributed by atoms with Gasteiger partial charge in [-0.05, 0) is 44.2 Å². The van der Waals surface area contributed by atoms with E-state index in [2.05, 4.69) is 0 Å². The van der Waals surface area contributed by atoms with Crippen LogP contribution in [0.3, 0.4) is 0 Å². The van der Waals surface area contributed by atoms with Crippen LogP contribution in [0.15, 0.2) is 18.2 Å². The van der Waals surface area contributed by atoms with Crippen molar-refractivity contribution in [1.82, 2.24) is 4.90 Å². The molecule has 2 aliphatic carbocycles. The Morgan fingerprint density at radius 3 is 2.54 bits per heavy atom. The van der Waals surface area contributed by atoms with E-state index in [1.165, 1.54) is 12.1 Å². The summed E-state index contributed by atoms with van der Waals surface area (Å²) in [5, 5.41) is 0. The lowest BCUT2D eigenvalue weighted by atomic mass is 9.93. The lowest BCUT2D eigenvalue weighted by Gasteiger charge is -2.33. The highest BCUT2D eigenvalue weighted by molar-refractivity contribution is 5.80. The van der Waals surface area contributed by atoms with Gasteiger partial charge in [0.1, 0.15) is 11.6 Å². The topological polar surface area (TPSA) is 46.3 Å². The molecule has 132 valence electrons. The van der Waals surface area contributed by atoms with E-state index in [9.17, 15) is 13.6 Å². The van der Waals surface area contributed by atoms with E-state index >= 15 is 0 Å². The summed E-state index contributed by atoms with van der Waals surface area (Å²) in [6, 6.07) is 3.77. The molecular formula is C19H26F2N2O. The molecule has 0 aromatic heterocycles. The number of halogens is 2. The summed E-state index contributed by atoms with van der Waals surface area (Å²) in [6.07, 6.45) is 7.04. The van der Waals surface area contributed by atoms with Crippen molar-refractivity contribution in [2.75, 3.05) is 6.54 Å². The van der Waals surface area contributed by atoms with Gasteiger partial charge in [-0.25, -0.2) is 8.78 Å². The minimum Gasteiger partial charge on any atom is -0.335 e. The second-order valence-corrected chi connectivity index (χ2v) is 7.17. The van der Waals surface area contributed by atoms with Gasteiger partial charge in [0.15, 0.2) is 0 Å². The average molecular weight is 336 g/mol. The van der Waals surface area contributed by atoms with Gasteiger partial charge in [0.2, 0.25) is 5.91 Å². The summed E-state index contributed by atoms with van der Waals surface area (Å²) in [5.74, 6) is -0.862. The number of nitrogens with zero attached hydrogens (tertiary/aromatic N) is 1. The minimum absolute atomic E-state index is 0.0425. The summed E-state index contributed by atoms with van der Waals surface area (Å²) < 4.78 is 27.2. The summed E-state index contributed by atoms with van der Waals surface area (Å²) in [7, 11) is 0. The van der Waals surface area contributed by atoms with E-state index < -0.39 is 11.6 Å². The zero-order valence-corrected chi connectivity index (χ0v) is 14.0. The largest absolute Gasteiger partial charge is 0.335 e. The smallest absolute Gasteiger partial charge is 0.226 e. The lowest BCUT2D eigenvalue weighted by molar-refractivity contribution is -0.139. The Hall–Kier alpha value is -1.49. The van der Waals surface area contributed by atoms with Crippen molar-refractivity contribution >= 4 is 5.91 Å². The van der Waals surface area contributed by atoms with Crippen molar-refractivity contribution < 1.29 is 13.6 Å². The molecule has 2 aliphatic rings. The van der Waals surface area contributed by atoms with E-state index in [4.69, 9.17) is 5.73 Å². The Bertz CT molecular complexity index is 587. The number of benzene rings is 1. The van der Waals surface area contributed by atoms with Crippen LogP contribution in [0.1, 0.15) is 50.5 Å². The molecule has 0 bridgehead atoms. The number of carbonyl (C=O) groups is 1. The van der Waals surface area contributed by atoms with Gasteiger partial charge < -0.3 is 10.6 Å². The molecule has 1 amide bonds. The van der Waals surface area contributed by atoms with Gasteiger partial charge in [-0.15, -0.1) is 0 Å². The number of rotatable bonds is 5. The molecular weight excluding hydrogens is 310 g/mol.